The van der Waals surface area contributed by atoms with Gasteiger partial charge in [-0.05, 0) is 44.9 Å². The van der Waals surface area contributed by atoms with E-state index in [0.29, 0.717) is 19.4 Å². The van der Waals surface area contributed by atoms with Gasteiger partial charge in [0.15, 0.2) is 6.10 Å². The zero-order valence-corrected chi connectivity index (χ0v) is 42.2. The molecule has 0 aromatic rings. The van der Waals surface area contributed by atoms with Crippen molar-refractivity contribution in [1.29, 1.82) is 0 Å². The molecule has 1 unspecified atom stereocenters. The van der Waals surface area contributed by atoms with Crippen molar-refractivity contribution in [2.75, 3.05) is 19.8 Å². The molecule has 0 aliphatic rings. The Morgan fingerprint density at radius 1 is 0.355 bits per heavy atom. The molecule has 0 radical (unpaired) electrons. The molecule has 5 heteroatoms. The van der Waals surface area contributed by atoms with Crippen LogP contribution in [0.15, 0.2) is 24.3 Å². The van der Waals surface area contributed by atoms with Crippen LogP contribution in [0.4, 0.5) is 0 Å². The highest BCUT2D eigenvalue weighted by molar-refractivity contribution is 5.70. The summed E-state index contributed by atoms with van der Waals surface area (Å²) in [6.45, 7) is 7.81. The molecule has 0 bridgehead atoms. The lowest BCUT2D eigenvalue weighted by Gasteiger charge is -2.18. The molecule has 366 valence electrons. The van der Waals surface area contributed by atoms with Gasteiger partial charge >= 0.3 is 11.9 Å². The van der Waals surface area contributed by atoms with Crippen LogP contribution in [0.3, 0.4) is 0 Å². The lowest BCUT2D eigenvalue weighted by atomic mass is 10.0. The molecule has 0 fully saturated rings. The summed E-state index contributed by atoms with van der Waals surface area (Å²) >= 11 is 0. The predicted molar refractivity (Wildman–Crippen MR) is 270 cm³/mol. The summed E-state index contributed by atoms with van der Waals surface area (Å²) in [6.07, 6.45) is 63.4. The molecule has 0 spiro atoms. The Bertz CT molecular complexity index is 943. The molecular weight excluding hydrogens is 765 g/mol. The summed E-state index contributed by atoms with van der Waals surface area (Å²) in [5.74, 6) is -0.381. The molecule has 0 heterocycles. The SMILES string of the molecule is CCC/C=C\C/C=C\CCCCCCCCOCC(COC(=O)CCCCCCCCCCCCCCCCCCCCC)OC(=O)CCCCCCCCCCCCCCC. The Hall–Kier alpha value is -1.62. The molecular formula is C57H108O5. The zero-order valence-electron chi connectivity index (χ0n) is 42.2. The number of carbonyl (C=O) groups excluding carboxylic acids is 2. The van der Waals surface area contributed by atoms with Gasteiger partial charge in [0.1, 0.15) is 6.61 Å². The van der Waals surface area contributed by atoms with Crippen LogP contribution in [0.5, 0.6) is 0 Å². The molecule has 1 atom stereocenters. The first-order valence-corrected chi connectivity index (χ1v) is 27.9. The summed E-state index contributed by atoms with van der Waals surface area (Å²) in [5.41, 5.74) is 0. The normalized spacial score (nSPS) is 12.2. The van der Waals surface area contributed by atoms with E-state index in [1.165, 1.54) is 225 Å². The third-order valence-electron chi connectivity index (χ3n) is 12.5. The summed E-state index contributed by atoms with van der Waals surface area (Å²) in [6, 6.07) is 0. The molecule has 0 aliphatic carbocycles. The minimum absolute atomic E-state index is 0.0891. The van der Waals surface area contributed by atoms with Crippen molar-refractivity contribution in [3.8, 4) is 0 Å². The Morgan fingerprint density at radius 2 is 0.710 bits per heavy atom. The van der Waals surface area contributed by atoms with Gasteiger partial charge in [0.25, 0.3) is 0 Å². The topological polar surface area (TPSA) is 61.8 Å². The Kier molecular flexibility index (Phi) is 52.3. The lowest BCUT2D eigenvalue weighted by Crippen LogP contribution is -2.30. The van der Waals surface area contributed by atoms with Gasteiger partial charge in [0, 0.05) is 19.4 Å². The second-order valence-electron chi connectivity index (χ2n) is 18.9. The van der Waals surface area contributed by atoms with Crippen LogP contribution in [0, 0.1) is 0 Å². The number of rotatable bonds is 52. The van der Waals surface area contributed by atoms with Crippen LogP contribution in [0.25, 0.3) is 0 Å². The second-order valence-corrected chi connectivity index (χ2v) is 18.9. The molecule has 62 heavy (non-hydrogen) atoms. The van der Waals surface area contributed by atoms with Crippen LogP contribution in [0.2, 0.25) is 0 Å². The fraction of sp³-hybridized carbons (Fsp3) is 0.895. The number of hydrogen-bond donors (Lipinski definition) is 0. The number of ether oxygens (including phenoxy) is 3. The van der Waals surface area contributed by atoms with E-state index in [0.717, 1.165) is 44.9 Å². The largest absolute Gasteiger partial charge is 0.462 e. The van der Waals surface area contributed by atoms with Crippen molar-refractivity contribution in [2.45, 2.75) is 309 Å². The first kappa shape index (κ1) is 60.4. The minimum Gasteiger partial charge on any atom is -0.462 e. The highest BCUT2D eigenvalue weighted by atomic mass is 16.6. The summed E-state index contributed by atoms with van der Waals surface area (Å²) in [4.78, 5) is 25.4. The van der Waals surface area contributed by atoms with Gasteiger partial charge in [-0.2, -0.15) is 0 Å². The maximum absolute atomic E-state index is 12.8. The van der Waals surface area contributed by atoms with Crippen molar-refractivity contribution in [1.82, 2.24) is 0 Å². The van der Waals surface area contributed by atoms with E-state index >= 15 is 0 Å². The molecule has 0 aromatic heterocycles. The van der Waals surface area contributed by atoms with Crippen LogP contribution in [-0.4, -0.2) is 37.9 Å². The maximum Gasteiger partial charge on any atom is 0.306 e. The van der Waals surface area contributed by atoms with Gasteiger partial charge in [-0.1, -0.05) is 270 Å². The van der Waals surface area contributed by atoms with Crippen molar-refractivity contribution in [3.05, 3.63) is 24.3 Å². The van der Waals surface area contributed by atoms with E-state index in [2.05, 4.69) is 45.1 Å². The maximum atomic E-state index is 12.8. The highest BCUT2D eigenvalue weighted by Crippen LogP contribution is 2.17. The van der Waals surface area contributed by atoms with E-state index in [9.17, 15) is 9.59 Å². The van der Waals surface area contributed by atoms with Gasteiger partial charge in [-0.3, -0.25) is 9.59 Å². The van der Waals surface area contributed by atoms with Gasteiger partial charge in [0.05, 0.1) is 6.61 Å². The van der Waals surface area contributed by atoms with E-state index in [-0.39, 0.29) is 25.2 Å². The quantitative estimate of drug-likeness (QED) is 0.0346. The van der Waals surface area contributed by atoms with Crippen molar-refractivity contribution in [2.24, 2.45) is 0 Å². The van der Waals surface area contributed by atoms with Gasteiger partial charge in [-0.25, -0.2) is 0 Å². The van der Waals surface area contributed by atoms with E-state index < -0.39 is 6.10 Å². The average Bonchev–Trinajstić information content (AvgIpc) is 3.27. The van der Waals surface area contributed by atoms with Crippen molar-refractivity contribution in [3.63, 3.8) is 0 Å². The first-order valence-electron chi connectivity index (χ1n) is 27.9. The predicted octanol–water partition coefficient (Wildman–Crippen LogP) is 18.8. The summed E-state index contributed by atoms with van der Waals surface area (Å²) < 4.78 is 17.4. The van der Waals surface area contributed by atoms with Crippen LogP contribution >= 0.6 is 0 Å². The number of hydrogen-bond acceptors (Lipinski definition) is 5. The monoisotopic (exact) mass is 873 g/mol. The molecule has 0 saturated carbocycles. The number of carbonyl (C=O) groups is 2. The Labute approximate surface area is 387 Å². The third-order valence-corrected chi connectivity index (χ3v) is 12.5. The highest BCUT2D eigenvalue weighted by Gasteiger charge is 2.17. The fourth-order valence-corrected chi connectivity index (χ4v) is 8.32. The zero-order chi connectivity index (χ0) is 44.9. The van der Waals surface area contributed by atoms with Crippen molar-refractivity contribution < 1.29 is 23.8 Å². The number of allylic oxidation sites excluding steroid dienone is 4. The van der Waals surface area contributed by atoms with Gasteiger partial charge in [0.2, 0.25) is 0 Å². The lowest BCUT2D eigenvalue weighted by molar-refractivity contribution is -0.163. The fourth-order valence-electron chi connectivity index (χ4n) is 8.32. The molecule has 0 saturated heterocycles. The second kappa shape index (κ2) is 53.7. The average molecular weight is 873 g/mol. The Balaban J connectivity index is 4.18. The Morgan fingerprint density at radius 3 is 1.13 bits per heavy atom. The van der Waals surface area contributed by atoms with E-state index in [4.69, 9.17) is 14.2 Å². The first-order chi connectivity index (χ1) is 30.6. The van der Waals surface area contributed by atoms with Gasteiger partial charge < -0.3 is 14.2 Å². The molecule has 5 nitrogen and oxygen atoms in total. The van der Waals surface area contributed by atoms with Gasteiger partial charge in [-0.15, -0.1) is 0 Å². The summed E-state index contributed by atoms with van der Waals surface area (Å²) in [5, 5.41) is 0. The van der Waals surface area contributed by atoms with E-state index in [1.54, 1.807) is 0 Å². The van der Waals surface area contributed by atoms with Crippen molar-refractivity contribution >= 4 is 11.9 Å². The summed E-state index contributed by atoms with van der Waals surface area (Å²) in [7, 11) is 0. The van der Waals surface area contributed by atoms with Crippen LogP contribution < -0.4 is 0 Å². The van der Waals surface area contributed by atoms with Crippen LogP contribution in [-0.2, 0) is 23.8 Å². The van der Waals surface area contributed by atoms with E-state index in [1.807, 2.05) is 0 Å². The molecule has 0 rings (SSSR count). The molecule has 0 N–H and O–H groups in total. The standard InChI is InChI=1S/C57H108O5/c1-4-7-10-13-16-19-22-25-27-28-29-30-31-33-35-38-41-44-47-50-56(58)61-54-55(53-60-52-49-46-43-40-37-34-26-23-20-17-14-11-8-5-2)62-57(59)51-48-45-42-39-36-32-24-21-18-15-12-9-6-3/h11,14,20,23,55H,4-10,12-13,15-19,21-22,24-54H2,1-3H3/b14-11-,23-20-. The smallest absolute Gasteiger partial charge is 0.306 e. The minimum atomic E-state index is -0.534. The number of unbranched alkanes of at least 4 members (excludes halogenated alkanes) is 37. The molecule has 0 aromatic carbocycles. The van der Waals surface area contributed by atoms with Crippen LogP contribution in [0.1, 0.15) is 303 Å². The third kappa shape index (κ3) is 51.0. The number of esters is 2. The molecule has 0 aliphatic heterocycles. The molecule has 0 amide bonds.